The number of benzene rings is 3. The third-order valence-corrected chi connectivity index (χ3v) is 6.21. The Balaban J connectivity index is 1.50. The van der Waals surface area contributed by atoms with Crippen molar-refractivity contribution in [1.82, 2.24) is 15.1 Å². The lowest BCUT2D eigenvalue weighted by molar-refractivity contribution is 0.209. The average molecular weight is 427 g/mol. The predicted octanol–water partition coefficient (Wildman–Crippen LogP) is 3.84. The zero-order valence-corrected chi connectivity index (χ0v) is 18.1. The lowest BCUT2D eigenvalue weighted by Gasteiger charge is -2.40. The Kier molecular flexibility index (Phi) is 5.60. The van der Waals surface area contributed by atoms with E-state index in [1.165, 1.54) is 5.56 Å². The van der Waals surface area contributed by atoms with E-state index in [9.17, 15) is 4.79 Å². The number of rotatable bonds is 5. The number of anilines is 1. The van der Waals surface area contributed by atoms with Crippen LogP contribution in [0.4, 0.5) is 5.69 Å². The van der Waals surface area contributed by atoms with Gasteiger partial charge in [-0.15, -0.1) is 0 Å². The van der Waals surface area contributed by atoms with Gasteiger partial charge in [0.05, 0.1) is 29.9 Å². The molecule has 1 aromatic heterocycles. The van der Waals surface area contributed by atoms with Gasteiger partial charge in [-0.25, -0.2) is 5.10 Å². The Morgan fingerprint density at radius 3 is 2.25 bits per heavy atom. The number of nitrogens with one attached hydrogen (secondary N) is 1. The summed E-state index contributed by atoms with van der Waals surface area (Å²) in [6.07, 6.45) is 0. The maximum Gasteiger partial charge on any atom is 0.272 e. The number of fused-ring (bicyclic) bond motifs is 1. The minimum Gasteiger partial charge on any atom is -0.495 e. The third kappa shape index (κ3) is 3.74. The van der Waals surface area contributed by atoms with E-state index in [-0.39, 0.29) is 11.6 Å². The van der Waals surface area contributed by atoms with E-state index in [1.54, 1.807) is 7.11 Å². The first-order chi connectivity index (χ1) is 15.8. The Morgan fingerprint density at radius 2 is 1.50 bits per heavy atom. The van der Waals surface area contributed by atoms with E-state index in [0.29, 0.717) is 5.39 Å². The predicted molar refractivity (Wildman–Crippen MR) is 127 cm³/mol. The van der Waals surface area contributed by atoms with Crippen molar-refractivity contribution in [3.05, 3.63) is 100 Å². The highest BCUT2D eigenvalue weighted by Gasteiger charge is 2.29. The molecule has 162 valence electrons. The molecule has 6 heteroatoms. The van der Waals surface area contributed by atoms with Crippen LogP contribution >= 0.6 is 0 Å². The molecule has 1 N–H and O–H groups in total. The minimum absolute atomic E-state index is 0.0437. The van der Waals surface area contributed by atoms with Crippen LogP contribution in [0.3, 0.4) is 0 Å². The van der Waals surface area contributed by atoms with Gasteiger partial charge in [0.2, 0.25) is 0 Å². The van der Waals surface area contributed by atoms with E-state index >= 15 is 0 Å². The first kappa shape index (κ1) is 20.3. The third-order valence-electron chi connectivity index (χ3n) is 6.21. The number of H-pyrrole nitrogens is 1. The molecule has 0 radical (unpaired) electrons. The largest absolute Gasteiger partial charge is 0.495 e. The summed E-state index contributed by atoms with van der Waals surface area (Å²) in [5, 5.41) is 8.85. The van der Waals surface area contributed by atoms with Gasteiger partial charge in [0.1, 0.15) is 5.75 Å². The van der Waals surface area contributed by atoms with E-state index in [1.807, 2.05) is 48.5 Å². The first-order valence-electron chi connectivity index (χ1n) is 10.9. The van der Waals surface area contributed by atoms with Crippen LogP contribution in [0.1, 0.15) is 17.3 Å². The molecule has 1 atom stereocenters. The summed E-state index contributed by atoms with van der Waals surface area (Å²) in [6.45, 7) is 3.50. The van der Waals surface area contributed by atoms with Crippen molar-refractivity contribution in [3.8, 4) is 5.75 Å². The molecule has 0 saturated carbocycles. The second-order valence-corrected chi connectivity index (χ2v) is 7.99. The van der Waals surface area contributed by atoms with Gasteiger partial charge >= 0.3 is 0 Å². The summed E-state index contributed by atoms with van der Waals surface area (Å²) in [7, 11) is 1.72. The number of aromatic amines is 1. The molecule has 0 spiro atoms. The fourth-order valence-corrected chi connectivity index (χ4v) is 4.63. The maximum atomic E-state index is 12.4. The van der Waals surface area contributed by atoms with Gasteiger partial charge in [0.25, 0.3) is 5.56 Å². The Bertz CT molecular complexity index is 1260. The topological polar surface area (TPSA) is 61.5 Å². The molecule has 6 nitrogen and oxygen atoms in total. The van der Waals surface area contributed by atoms with Gasteiger partial charge in [-0.05, 0) is 23.8 Å². The van der Waals surface area contributed by atoms with Crippen LogP contribution in [-0.2, 0) is 0 Å². The Hall–Kier alpha value is -3.64. The molecule has 1 aliphatic heterocycles. The molecule has 2 heterocycles. The molecular formula is C26H26N4O2. The molecule has 1 aliphatic rings. The fraction of sp³-hybridized carbons (Fsp3) is 0.231. The van der Waals surface area contributed by atoms with Crippen LogP contribution in [0.2, 0.25) is 0 Å². The van der Waals surface area contributed by atoms with Gasteiger partial charge in [-0.1, -0.05) is 60.7 Å². The van der Waals surface area contributed by atoms with Crippen molar-refractivity contribution in [2.24, 2.45) is 0 Å². The molecule has 32 heavy (non-hydrogen) atoms. The highest BCUT2D eigenvalue weighted by Crippen LogP contribution is 2.34. The van der Waals surface area contributed by atoms with Crippen LogP contribution in [0.15, 0.2) is 83.7 Å². The highest BCUT2D eigenvalue weighted by atomic mass is 16.5. The van der Waals surface area contributed by atoms with Gasteiger partial charge in [-0.3, -0.25) is 9.69 Å². The molecule has 0 unspecified atom stereocenters. The SMILES string of the molecule is COc1ccccc1N1CCN([C@H](c2ccccc2)c2n[nH]c(=O)c3ccccc23)CC1. The number of para-hydroxylation sites is 2. The summed E-state index contributed by atoms with van der Waals surface area (Å²) < 4.78 is 5.57. The smallest absolute Gasteiger partial charge is 0.272 e. The number of nitrogens with zero attached hydrogens (tertiary/aromatic N) is 3. The van der Waals surface area contributed by atoms with Crippen LogP contribution in [0.25, 0.3) is 10.8 Å². The van der Waals surface area contributed by atoms with Crippen LogP contribution < -0.4 is 15.2 Å². The molecule has 0 aliphatic carbocycles. The van der Waals surface area contributed by atoms with Crippen molar-refractivity contribution in [2.45, 2.75) is 6.04 Å². The van der Waals surface area contributed by atoms with E-state index in [0.717, 1.165) is 48.7 Å². The summed E-state index contributed by atoms with van der Waals surface area (Å²) in [5.74, 6) is 0.897. The summed E-state index contributed by atoms with van der Waals surface area (Å²) in [5.41, 5.74) is 3.02. The maximum absolute atomic E-state index is 12.4. The number of hydrogen-bond donors (Lipinski definition) is 1. The Morgan fingerprint density at radius 1 is 0.844 bits per heavy atom. The number of hydrogen-bond acceptors (Lipinski definition) is 5. The quantitative estimate of drug-likeness (QED) is 0.525. The number of ether oxygens (including phenoxy) is 1. The van der Waals surface area contributed by atoms with Crippen molar-refractivity contribution in [2.75, 3.05) is 38.2 Å². The average Bonchev–Trinajstić information content (AvgIpc) is 2.87. The molecular weight excluding hydrogens is 400 g/mol. The summed E-state index contributed by atoms with van der Waals surface area (Å²) in [4.78, 5) is 17.2. The molecule has 1 saturated heterocycles. The molecule has 3 aromatic carbocycles. The normalized spacial score (nSPS) is 15.6. The standard InChI is InChI=1S/C26H26N4O2/c1-32-23-14-8-7-13-22(23)29-15-17-30(18-16-29)25(19-9-3-2-4-10-19)24-20-11-5-6-12-21(20)26(31)28-27-24/h2-14,25H,15-18H2,1H3,(H,28,31)/t25-/m1/s1. The van der Waals surface area contributed by atoms with Crippen LogP contribution in [0, 0.1) is 0 Å². The second kappa shape index (κ2) is 8.85. The number of aromatic nitrogens is 2. The Labute approximate surface area is 187 Å². The minimum atomic E-state index is -0.155. The molecule has 5 rings (SSSR count). The number of piperazine rings is 1. The second-order valence-electron chi connectivity index (χ2n) is 7.99. The van der Waals surface area contributed by atoms with Gasteiger partial charge in [-0.2, -0.15) is 5.10 Å². The van der Waals surface area contributed by atoms with E-state index < -0.39 is 0 Å². The van der Waals surface area contributed by atoms with Crippen LogP contribution in [-0.4, -0.2) is 48.4 Å². The zero-order chi connectivity index (χ0) is 21.9. The molecule has 0 amide bonds. The number of methoxy groups -OCH3 is 1. The van der Waals surface area contributed by atoms with Crippen LogP contribution in [0.5, 0.6) is 5.75 Å². The van der Waals surface area contributed by atoms with Crippen molar-refractivity contribution < 1.29 is 4.74 Å². The van der Waals surface area contributed by atoms with Crippen molar-refractivity contribution in [1.29, 1.82) is 0 Å². The zero-order valence-electron chi connectivity index (χ0n) is 18.1. The van der Waals surface area contributed by atoms with Crippen molar-refractivity contribution >= 4 is 16.5 Å². The summed E-state index contributed by atoms with van der Waals surface area (Å²) in [6, 6.07) is 26.3. The van der Waals surface area contributed by atoms with E-state index in [4.69, 9.17) is 4.74 Å². The summed E-state index contributed by atoms with van der Waals surface area (Å²) >= 11 is 0. The van der Waals surface area contributed by atoms with Gasteiger partial charge in [0.15, 0.2) is 0 Å². The van der Waals surface area contributed by atoms with Gasteiger partial charge in [0, 0.05) is 31.6 Å². The van der Waals surface area contributed by atoms with Crippen molar-refractivity contribution in [3.63, 3.8) is 0 Å². The van der Waals surface area contributed by atoms with Gasteiger partial charge < -0.3 is 9.64 Å². The highest BCUT2D eigenvalue weighted by molar-refractivity contribution is 5.84. The lowest BCUT2D eigenvalue weighted by Crippen LogP contribution is -2.48. The fourth-order valence-electron chi connectivity index (χ4n) is 4.63. The molecule has 1 fully saturated rings. The lowest BCUT2D eigenvalue weighted by atomic mass is 9.97. The first-order valence-corrected chi connectivity index (χ1v) is 10.9. The van der Waals surface area contributed by atoms with E-state index in [2.05, 4.69) is 50.3 Å². The molecule has 0 bridgehead atoms. The molecule has 4 aromatic rings. The monoisotopic (exact) mass is 426 g/mol.